The number of nitrogens with one attached hydrogen (secondary N) is 1. The van der Waals surface area contributed by atoms with Crippen LogP contribution in [0.3, 0.4) is 0 Å². The summed E-state index contributed by atoms with van der Waals surface area (Å²) in [4.78, 5) is 25.3. The minimum absolute atomic E-state index is 0.167. The van der Waals surface area contributed by atoms with E-state index in [0.717, 1.165) is 12.3 Å². The Kier molecular flexibility index (Phi) is 5.82. The Hall–Kier alpha value is -4.40. The van der Waals surface area contributed by atoms with Gasteiger partial charge in [-0.05, 0) is 30.7 Å². The number of nitriles is 1. The Labute approximate surface area is 199 Å². The first-order valence-electron chi connectivity index (χ1n) is 11.0. The zero-order chi connectivity index (χ0) is 24.5. The van der Waals surface area contributed by atoms with Crippen LogP contribution in [0, 0.1) is 29.9 Å². The molecule has 2 aliphatic heterocycles. The molecule has 1 atom stereocenters. The first-order valence-corrected chi connectivity index (χ1v) is 11.0. The highest BCUT2D eigenvalue weighted by molar-refractivity contribution is 5.79. The lowest BCUT2D eigenvalue weighted by Gasteiger charge is -2.37. The average molecular weight is 477 g/mol. The lowest BCUT2D eigenvalue weighted by atomic mass is 10.0. The molecule has 4 heterocycles. The summed E-state index contributed by atoms with van der Waals surface area (Å²) in [5.41, 5.74) is 2.07. The number of halogens is 2. The third kappa shape index (κ3) is 4.28. The van der Waals surface area contributed by atoms with E-state index in [-0.39, 0.29) is 17.3 Å². The molecular weight excluding hydrogens is 456 g/mol. The maximum absolute atomic E-state index is 14.4. The van der Waals surface area contributed by atoms with Crippen molar-refractivity contribution in [1.82, 2.24) is 30.1 Å². The van der Waals surface area contributed by atoms with Crippen LogP contribution in [-0.2, 0) is 0 Å². The monoisotopic (exact) mass is 477 g/mol. The number of amides is 2. The van der Waals surface area contributed by atoms with E-state index in [9.17, 15) is 13.6 Å². The van der Waals surface area contributed by atoms with Gasteiger partial charge in [-0.25, -0.2) is 28.6 Å². The molecule has 0 bridgehead atoms. The van der Waals surface area contributed by atoms with Gasteiger partial charge in [0, 0.05) is 50.6 Å². The number of hydrazone groups is 1. The van der Waals surface area contributed by atoms with Crippen LogP contribution in [0.15, 0.2) is 35.7 Å². The zero-order valence-electron chi connectivity index (χ0n) is 18.8. The molecule has 1 saturated heterocycles. The molecule has 2 aromatic heterocycles. The lowest BCUT2D eigenvalue weighted by Crippen LogP contribution is -2.52. The molecule has 2 amide bonds. The lowest BCUT2D eigenvalue weighted by molar-refractivity contribution is 0.139. The van der Waals surface area contributed by atoms with E-state index in [1.54, 1.807) is 30.3 Å². The molecule has 2 aliphatic rings. The molecule has 0 aliphatic carbocycles. The van der Waals surface area contributed by atoms with Gasteiger partial charge in [0.25, 0.3) is 0 Å². The quantitative estimate of drug-likeness (QED) is 0.620. The summed E-state index contributed by atoms with van der Waals surface area (Å²) in [6.07, 6.45) is 4.77. The first kappa shape index (κ1) is 22.4. The van der Waals surface area contributed by atoms with Crippen LogP contribution in [-0.4, -0.2) is 68.5 Å². The highest BCUT2D eigenvalue weighted by Gasteiger charge is 2.34. The normalized spacial score (nSPS) is 17.7. The number of carbonyl (C=O) groups excluding carboxylic acids is 1. The van der Waals surface area contributed by atoms with Gasteiger partial charge >= 0.3 is 6.03 Å². The Morgan fingerprint density at radius 3 is 2.71 bits per heavy atom. The van der Waals surface area contributed by atoms with Gasteiger partial charge in [-0.3, -0.25) is 5.10 Å². The van der Waals surface area contributed by atoms with E-state index < -0.39 is 17.7 Å². The van der Waals surface area contributed by atoms with Crippen molar-refractivity contribution < 1.29 is 13.6 Å². The standard InChI is InChI=1S/C23H21F2N9O/c1-14-18(12-28-31-14)21-19(25)13-27-22(30-21)32-4-6-33(7-5-32)23(35)34-20(2-3-29-34)16-8-15(11-26)9-17(24)10-16/h3,8-10,12-13,20H,2,4-7H2,1H3,(H,28,31)/t20-/m0/s1. The zero-order valence-corrected chi connectivity index (χ0v) is 18.8. The number of rotatable bonds is 3. The van der Waals surface area contributed by atoms with E-state index >= 15 is 0 Å². The predicted molar refractivity (Wildman–Crippen MR) is 122 cm³/mol. The molecule has 0 spiro atoms. The summed E-state index contributed by atoms with van der Waals surface area (Å²) in [6.45, 7) is 3.41. The molecule has 1 N–H and O–H groups in total. The maximum Gasteiger partial charge on any atom is 0.341 e. The van der Waals surface area contributed by atoms with Crippen molar-refractivity contribution in [2.45, 2.75) is 19.4 Å². The number of urea groups is 1. The van der Waals surface area contributed by atoms with Gasteiger partial charge in [-0.1, -0.05) is 0 Å². The number of benzene rings is 1. The number of nitrogens with zero attached hydrogens (tertiary/aromatic N) is 8. The number of hydrogen-bond acceptors (Lipinski definition) is 7. The summed E-state index contributed by atoms with van der Waals surface area (Å²) in [5, 5.41) is 21.4. The van der Waals surface area contributed by atoms with Crippen molar-refractivity contribution in [2.24, 2.45) is 5.10 Å². The molecule has 12 heteroatoms. The van der Waals surface area contributed by atoms with Crippen LogP contribution >= 0.6 is 0 Å². The summed E-state index contributed by atoms with van der Waals surface area (Å²) >= 11 is 0. The fourth-order valence-electron chi connectivity index (χ4n) is 4.28. The molecule has 0 radical (unpaired) electrons. The molecule has 5 rings (SSSR count). The molecular formula is C23H21F2N9O. The predicted octanol–water partition coefficient (Wildman–Crippen LogP) is 3.00. The Morgan fingerprint density at radius 2 is 2.00 bits per heavy atom. The molecule has 1 fully saturated rings. The molecule has 3 aromatic rings. The highest BCUT2D eigenvalue weighted by atomic mass is 19.1. The van der Waals surface area contributed by atoms with Crippen LogP contribution in [0.5, 0.6) is 0 Å². The van der Waals surface area contributed by atoms with Crippen LogP contribution in [0.25, 0.3) is 11.3 Å². The summed E-state index contributed by atoms with van der Waals surface area (Å²) < 4.78 is 28.3. The summed E-state index contributed by atoms with van der Waals surface area (Å²) in [5.74, 6) is -0.701. The minimum Gasteiger partial charge on any atom is -0.337 e. The second-order valence-electron chi connectivity index (χ2n) is 8.29. The highest BCUT2D eigenvalue weighted by Crippen LogP contribution is 2.31. The third-order valence-electron chi connectivity index (χ3n) is 6.11. The topological polar surface area (TPSA) is 117 Å². The van der Waals surface area contributed by atoms with Gasteiger partial charge in [-0.2, -0.15) is 15.5 Å². The fraction of sp³-hybridized carbons (Fsp3) is 0.304. The number of carbonyl (C=O) groups is 1. The van der Waals surface area contributed by atoms with Crippen molar-refractivity contribution in [1.29, 1.82) is 5.26 Å². The van der Waals surface area contributed by atoms with Gasteiger partial charge < -0.3 is 9.80 Å². The Bertz CT molecular complexity index is 1340. The van der Waals surface area contributed by atoms with E-state index in [4.69, 9.17) is 5.26 Å². The number of aromatic amines is 1. The molecule has 0 unspecified atom stereocenters. The van der Waals surface area contributed by atoms with Gasteiger partial charge in [0.2, 0.25) is 5.95 Å². The number of H-pyrrole nitrogens is 1. The van der Waals surface area contributed by atoms with E-state index in [0.29, 0.717) is 55.4 Å². The van der Waals surface area contributed by atoms with Crippen molar-refractivity contribution in [3.8, 4) is 17.3 Å². The summed E-state index contributed by atoms with van der Waals surface area (Å²) in [7, 11) is 0. The first-order chi connectivity index (χ1) is 16.9. The Balaban J connectivity index is 1.28. The van der Waals surface area contributed by atoms with E-state index in [1.165, 1.54) is 11.1 Å². The van der Waals surface area contributed by atoms with Gasteiger partial charge in [0.15, 0.2) is 5.82 Å². The van der Waals surface area contributed by atoms with E-state index in [1.807, 2.05) is 11.0 Å². The number of aryl methyl sites for hydroxylation is 1. The minimum atomic E-state index is -0.540. The summed E-state index contributed by atoms with van der Waals surface area (Å²) in [6, 6.07) is 5.20. The third-order valence-corrected chi connectivity index (χ3v) is 6.11. The molecule has 10 nitrogen and oxygen atoms in total. The van der Waals surface area contributed by atoms with Crippen molar-refractivity contribution in [2.75, 3.05) is 31.1 Å². The Morgan fingerprint density at radius 1 is 1.20 bits per heavy atom. The van der Waals surface area contributed by atoms with Crippen molar-refractivity contribution >= 4 is 18.2 Å². The largest absolute Gasteiger partial charge is 0.341 e. The molecule has 1 aromatic carbocycles. The van der Waals surface area contributed by atoms with Crippen LogP contribution < -0.4 is 4.90 Å². The molecule has 178 valence electrons. The van der Waals surface area contributed by atoms with Crippen LogP contribution in [0.4, 0.5) is 19.5 Å². The van der Waals surface area contributed by atoms with Gasteiger partial charge in [0.1, 0.15) is 11.5 Å². The van der Waals surface area contributed by atoms with Crippen LogP contribution in [0.2, 0.25) is 0 Å². The second kappa shape index (κ2) is 9.09. The second-order valence-corrected chi connectivity index (χ2v) is 8.29. The SMILES string of the molecule is Cc1n[nH]cc1-c1nc(N2CCN(C(=O)N3N=CC[C@H]3c3cc(F)cc(C#N)c3)CC2)ncc1F. The maximum atomic E-state index is 14.4. The van der Waals surface area contributed by atoms with E-state index in [2.05, 4.69) is 25.3 Å². The van der Waals surface area contributed by atoms with Crippen LogP contribution in [0.1, 0.15) is 29.3 Å². The smallest absolute Gasteiger partial charge is 0.337 e. The number of hydrogen-bond donors (Lipinski definition) is 1. The number of anilines is 1. The average Bonchev–Trinajstić information content (AvgIpc) is 3.53. The van der Waals surface area contributed by atoms with Crippen molar-refractivity contribution in [3.63, 3.8) is 0 Å². The van der Waals surface area contributed by atoms with Crippen molar-refractivity contribution in [3.05, 3.63) is 59.0 Å². The number of piperazine rings is 1. The van der Waals surface area contributed by atoms with Gasteiger partial charge in [0.05, 0.1) is 29.6 Å². The van der Waals surface area contributed by atoms with Gasteiger partial charge in [-0.15, -0.1) is 0 Å². The fourth-order valence-corrected chi connectivity index (χ4v) is 4.28. The number of aromatic nitrogens is 4. The molecule has 35 heavy (non-hydrogen) atoms. The molecule has 0 saturated carbocycles.